The first-order valence-electron chi connectivity index (χ1n) is 7.56. The molecule has 112 valence electrons. The number of hydrogen-bond acceptors (Lipinski definition) is 3. The second-order valence-corrected chi connectivity index (χ2v) is 6.30. The third-order valence-electron chi connectivity index (χ3n) is 3.56. The summed E-state index contributed by atoms with van der Waals surface area (Å²) in [5.74, 6) is 0. The first-order valence-corrected chi connectivity index (χ1v) is 8.35. The number of halogens is 1. The van der Waals surface area contributed by atoms with Crippen LogP contribution in [0, 0.1) is 0 Å². The van der Waals surface area contributed by atoms with Crippen LogP contribution in [0.3, 0.4) is 0 Å². The summed E-state index contributed by atoms with van der Waals surface area (Å²) in [5, 5.41) is 3.44. The number of rotatable bonds is 5. The summed E-state index contributed by atoms with van der Waals surface area (Å²) in [6.45, 7) is 9.24. The van der Waals surface area contributed by atoms with Crippen LogP contribution in [0.1, 0.15) is 32.3 Å². The number of hydrogen-bond donors (Lipinski definition) is 1. The minimum absolute atomic E-state index is 0.301. The number of benzene rings is 1. The molecule has 1 fully saturated rings. The SMILES string of the molecule is CCCNCc1ccc(N2CCCOC(C)C2)c(Br)c1. The lowest BCUT2D eigenvalue weighted by Gasteiger charge is -2.25. The van der Waals surface area contributed by atoms with Crippen molar-refractivity contribution >= 4 is 21.6 Å². The molecule has 1 saturated heterocycles. The second-order valence-electron chi connectivity index (χ2n) is 5.44. The lowest BCUT2D eigenvalue weighted by Crippen LogP contribution is -2.30. The fourth-order valence-electron chi connectivity index (χ4n) is 2.54. The van der Waals surface area contributed by atoms with Crippen LogP contribution in [-0.2, 0) is 11.3 Å². The largest absolute Gasteiger partial charge is 0.377 e. The lowest BCUT2D eigenvalue weighted by molar-refractivity contribution is 0.0821. The van der Waals surface area contributed by atoms with Crippen molar-refractivity contribution in [3.63, 3.8) is 0 Å². The summed E-state index contributed by atoms with van der Waals surface area (Å²) >= 11 is 3.73. The number of nitrogens with zero attached hydrogens (tertiary/aromatic N) is 1. The molecule has 0 aromatic heterocycles. The Bertz CT molecular complexity index is 425. The molecule has 1 atom stereocenters. The van der Waals surface area contributed by atoms with E-state index in [1.165, 1.54) is 22.1 Å². The van der Waals surface area contributed by atoms with Gasteiger partial charge in [0, 0.05) is 30.7 Å². The third kappa shape index (κ3) is 4.47. The first kappa shape index (κ1) is 15.8. The standard InChI is InChI=1S/C16H25BrN2O/c1-3-7-18-11-14-5-6-16(15(17)10-14)19-8-4-9-20-13(2)12-19/h5-6,10,13,18H,3-4,7-9,11-12H2,1-2H3. The summed E-state index contributed by atoms with van der Waals surface area (Å²) in [5.41, 5.74) is 2.61. The minimum Gasteiger partial charge on any atom is -0.377 e. The molecule has 1 unspecified atom stereocenters. The van der Waals surface area contributed by atoms with E-state index in [0.29, 0.717) is 6.10 Å². The molecule has 0 amide bonds. The van der Waals surface area contributed by atoms with Crippen molar-refractivity contribution in [1.29, 1.82) is 0 Å². The Morgan fingerprint density at radius 1 is 1.45 bits per heavy atom. The predicted molar refractivity (Wildman–Crippen MR) is 88.4 cm³/mol. The highest BCUT2D eigenvalue weighted by Crippen LogP contribution is 2.28. The van der Waals surface area contributed by atoms with Gasteiger partial charge in [0.1, 0.15) is 0 Å². The Labute approximate surface area is 130 Å². The average molecular weight is 341 g/mol. The molecule has 4 heteroatoms. The highest BCUT2D eigenvalue weighted by atomic mass is 79.9. The zero-order valence-electron chi connectivity index (χ0n) is 12.5. The van der Waals surface area contributed by atoms with Crippen molar-refractivity contribution in [3.05, 3.63) is 28.2 Å². The van der Waals surface area contributed by atoms with Gasteiger partial charge in [0.15, 0.2) is 0 Å². The van der Waals surface area contributed by atoms with Crippen molar-refractivity contribution in [2.24, 2.45) is 0 Å². The summed E-state index contributed by atoms with van der Waals surface area (Å²) < 4.78 is 6.90. The molecule has 0 aliphatic carbocycles. The maximum Gasteiger partial charge on any atom is 0.0721 e. The zero-order chi connectivity index (χ0) is 14.4. The molecule has 1 heterocycles. The molecule has 20 heavy (non-hydrogen) atoms. The van der Waals surface area contributed by atoms with Gasteiger partial charge in [-0.3, -0.25) is 0 Å². The van der Waals surface area contributed by atoms with Crippen molar-refractivity contribution in [1.82, 2.24) is 5.32 Å². The van der Waals surface area contributed by atoms with E-state index in [9.17, 15) is 0 Å². The van der Waals surface area contributed by atoms with E-state index >= 15 is 0 Å². The number of ether oxygens (including phenoxy) is 1. The van der Waals surface area contributed by atoms with E-state index < -0.39 is 0 Å². The number of nitrogens with one attached hydrogen (secondary N) is 1. The van der Waals surface area contributed by atoms with Crippen molar-refractivity contribution in [2.75, 3.05) is 31.1 Å². The van der Waals surface area contributed by atoms with Crippen LogP contribution in [0.25, 0.3) is 0 Å². The molecule has 1 aromatic carbocycles. The lowest BCUT2D eigenvalue weighted by atomic mass is 10.2. The smallest absolute Gasteiger partial charge is 0.0721 e. The highest BCUT2D eigenvalue weighted by Gasteiger charge is 2.17. The zero-order valence-corrected chi connectivity index (χ0v) is 14.1. The Morgan fingerprint density at radius 3 is 3.05 bits per heavy atom. The number of anilines is 1. The molecule has 1 aliphatic rings. The summed E-state index contributed by atoms with van der Waals surface area (Å²) in [4.78, 5) is 2.42. The van der Waals surface area contributed by atoms with Crippen LogP contribution >= 0.6 is 15.9 Å². The molecular weight excluding hydrogens is 316 g/mol. The average Bonchev–Trinajstić information content (AvgIpc) is 2.64. The van der Waals surface area contributed by atoms with Gasteiger partial charge >= 0.3 is 0 Å². The van der Waals surface area contributed by atoms with E-state index in [1.807, 2.05) is 0 Å². The highest BCUT2D eigenvalue weighted by molar-refractivity contribution is 9.10. The Kier molecular flexibility index (Phi) is 6.33. The van der Waals surface area contributed by atoms with E-state index in [4.69, 9.17) is 4.74 Å². The topological polar surface area (TPSA) is 24.5 Å². The van der Waals surface area contributed by atoms with E-state index in [-0.39, 0.29) is 0 Å². The fourth-order valence-corrected chi connectivity index (χ4v) is 3.22. The Morgan fingerprint density at radius 2 is 2.30 bits per heavy atom. The molecule has 1 aromatic rings. The molecule has 0 bridgehead atoms. The van der Waals surface area contributed by atoms with Crippen molar-refractivity contribution in [2.45, 2.75) is 39.3 Å². The van der Waals surface area contributed by atoms with Crippen molar-refractivity contribution < 1.29 is 4.74 Å². The van der Waals surface area contributed by atoms with Gasteiger partial charge in [-0.1, -0.05) is 13.0 Å². The third-order valence-corrected chi connectivity index (χ3v) is 4.20. The van der Waals surface area contributed by atoms with E-state index in [1.54, 1.807) is 0 Å². The summed E-state index contributed by atoms with van der Waals surface area (Å²) in [7, 11) is 0. The Hall–Kier alpha value is -0.580. The molecule has 3 nitrogen and oxygen atoms in total. The molecule has 1 aliphatic heterocycles. The van der Waals surface area contributed by atoms with Gasteiger partial charge in [0.2, 0.25) is 0 Å². The predicted octanol–water partition coefficient (Wildman–Crippen LogP) is 3.56. The van der Waals surface area contributed by atoms with Gasteiger partial charge in [0.25, 0.3) is 0 Å². The summed E-state index contributed by atoms with van der Waals surface area (Å²) in [6.07, 6.45) is 2.57. The van der Waals surface area contributed by atoms with Gasteiger partial charge in [-0.15, -0.1) is 0 Å². The summed E-state index contributed by atoms with van der Waals surface area (Å²) in [6, 6.07) is 6.68. The minimum atomic E-state index is 0.301. The van der Waals surface area contributed by atoms with Crippen LogP contribution in [0.15, 0.2) is 22.7 Å². The maximum atomic E-state index is 5.72. The van der Waals surface area contributed by atoms with Crippen LogP contribution in [0.2, 0.25) is 0 Å². The van der Waals surface area contributed by atoms with E-state index in [2.05, 4.69) is 58.2 Å². The van der Waals surface area contributed by atoms with Crippen molar-refractivity contribution in [3.8, 4) is 0 Å². The first-order chi connectivity index (χ1) is 9.70. The van der Waals surface area contributed by atoms with Crippen LogP contribution in [0.5, 0.6) is 0 Å². The normalized spacial score (nSPS) is 19.9. The molecule has 0 saturated carbocycles. The monoisotopic (exact) mass is 340 g/mol. The molecule has 2 rings (SSSR count). The maximum absolute atomic E-state index is 5.72. The molecule has 1 N–H and O–H groups in total. The van der Waals surface area contributed by atoms with Gasteiger partial charge < -0.3 is 15.0 Å². The van der Waals surface area contributed by atoms with Gasteiger partial charge in [-0.05, 0) is 59.9 Å². The van der Waals surface area contributed by atoms with Gasteiger partial charge in [-0.2, -0.15) is 0 Å². The van der Waals surface area contributed by atoms with Crippen LogP contribution < -0.4 is 10.2 Å². The fraction of sp³-hybridized carbons (Fsp3) is 0.625. The van der Waals surface area contributed by atoms with Crippen LogP contribution in [-0.4, -0.2) is 32.3 Å². The van der Waals surface area contributed by atoms with Gasteiger partial charge in [0.05, 0.1) is 11.8 Å². The second kappa shape index (κ2) is 8.01. The quantitative estimate of drug-likeness (QED) is 0.829. The Balaban J connectivity index is 2.04. The molecular formula is C16H25BrN2O. The van der Waals surface area contributed by atoms with Gasteiger partial charge in [-0.25, -0.2) is 0 Å². The van der Waals surface area contributed by atoms with Crippen LogP contribution in [0.4, 0.5) is 5.69 Å². The molecule has 0 radical (unpaired) electrons. The van der Waals surface area contributed by atoms with E-state index in [0.717, 1.165) is 39.2 Å². The molecule has 0 spiro atoms.